The van der Waals surface area contributed by atoms with Crippen molar-refractivity contribution in [1.29, 1.82) is 0 Å². The molecule has 2 N–H and O–H groups in total. The van der Waals surface area contributed by atoms with Gasteiger partial charge < -0.3 is 24.4 Å². The van der Waals surface area contributed by atoms with Crippen LogP contribution in [0.3, 0.4) is 0 Å². The van der Waals surface area contributed by atoms with Crippen molar-refractivity contribution in [2.24, 2.45) is 11.3 Å². The smallest absolute Gasteiger partial charge is 0.376 e. The van der Waals surface area contributed by atoms with E-state index in [1.165, 1.54) is 0 Å². The van der Waals surface area contributed by atoms with Gasteiger partial charge in [-0.25, -0.2) is 0 Å². The summed E-state index contributed by atoms with van der Waals surface area (Å²) < 4.78 is 181. The van der Waals surface area contributed by atoms with Crippen LogP contribution in [0.2, 0.25) is 0 Å². The van der Waals surface area contributed by atoms with E-state index in [-0.39, 0.29) is 18.2 Å². The molecule has 35 heavy (non-hydrogen) atoms. The Morgan fingerprint density at radius 3 is 1.74 bits per heavy atom. The minimum absolute atomic E-state index is 0.0179. The molecule has 0 saturated carbocycles. The van der Waals surface area contributed by atoms with Crippen molar-refractivity contribution in [3.05, 3.63) is 23.8 Å². The number of allylic oxidation sites excluding steroid dienone is 2. The van der Waals surface area contributed by atoms with E-state index in [0.717, 1.165) is 0 Å². The first kappa shape index (κ1) is 26.5. The molecule has 0 aromatic carbocycles. The number of ether oxygens (including phenoxy) is 3. The van der Waals surface area contributed by atoms with Crippen LogP contribution in [-0.4, -0.2) is 83.7 Å². The fraction of sp³-hybridized carbons (Fsp3) is 0.778. The maximum Gasteiger partial charge on any atom is 0.430 e. The third kappa shape index (κ3) is 3.37. The Kier molecular flexibility index (Phi) is 5.50. The average molecular weight is 538 g/mol. The first-order valence-electron chi connectivity index (χ1n) is 9.66. The monoisotopic (exact) mass is 538 g/mol. The number of epoxide rings is 2. The Labute approximate surface area is 186 Å². The molecule has 0 bridgehead atoms. The Morgan fingerprint density at radius 2 is 1.26 bits per heavy atom. The van der Waals surface area contributed by atoms with Crippen molar-refractivity contribution in [3.8, 4) is 0 Å². The van der Waals surface area contributed by atoms with E-state index in [2.05, 4.69) is 0 Å². The quantitative estimate of drug-likeness (QED) is 0.417. The Morgan fingerprint density at radius 1 is 0.743 bits per heavy atom. The van der Waals surface area contributed by atoms with Crippen LogP contribution >= 0.6 is 0 Å². The third-order valence-electron chi connectivity index (χ3n) is 6.75. The van der Waals surface area contributed by atoms with Gasteiger partial charge in [-0.05, 0) is 5.57 Å². The summed E-state index contributed by atoms with van der Waals surface area (Å²) in [4.78, 5) is 0. The highest BCUT2D eigenvalue weighted by Gasteiger charge is 2.88. The van der Waals surface area contributed by atoms with E-state index in [1.54, 1.807) is 0 Å². The molecule has 6 atom stereocenters. The summed E-state index contributed by atoms with van der Waals surface area (Å²) in [6, 6.07) is 0. The molecule has 3 heterocycles. The summed E-state index contributed by atoms with van der Waals surface area (Å²) >= 11 is 0. The van der Waals surface area contributed by atoms with Gasteiger partial charge in [-0.15, -0.1) is 0 Å². The van der Waals surface area contributed by atoms with E-state index in [9.17, 15) is 62.9 Å². The lowest BCUT2D eigenvalue weighted by Crippen LogP contribution is -2.73. The lowest BCUT2D eigenvalue weighted by atomic mass is 9.53. The molecule has 6 unspecified atom stereocenters. The molecule has 4 aliphatic rings. The fourth-order valence-corrected chi connectivity index (χ4v) is 5.11. The van der Waals surface area contributed by atoms with E-state index >= 15 is 0 Å². The van der Waals surface area contributed by atoms with Crippen LogP contribution < -0.4 is 0 Å². The van der Waals surface area contributed by atoms with Gasteiger partial charge in [0.1, 0.15) is 12.2 Å². The Bertz CT molecular complexity index is 904. The van der Waals surface area contributed by atoms with Crippen LogP contribution in [0, 0.1) is 11.3 Å². The zero-order valence-corrected chi connectivity index (χ0v) is 16.7. The molecule has 4 rings (SSSR count). The molecule has 200 valence electrons. The van der Waals surface area contributed by atoms with Crippen molar-refractivity contribution in [1.82, 2.24) is 0 Å². The van der Waals surface area contributed by atoms with Crippen molar-refractivity contribution in [2.45, 2.75) is 60.3 Å². The van der Waals surface area contributed by atoms with Crippen molar-refractivity contribution in [2.75, 3.05) is 13.2 Å². The maximum absolute atomic E-state index is 14.1. The minimum Gasteiger partial charge on any atom is -0.376 e. The molecular weight excluding hydrogens is 524 g/mol. The molecule has 3 fully saturated rings. The van der Waals surface area contributed by atoms with E-state index in [1.807, 2.05) is 0 Å². The van der Waals surface area contributed by atoms with Crippen molar-refractivity contribution in [3.63, 3.8) is 0 Å². The largest absolute Gasteiger partial charge is 0.430 e. The van der Waals surface area contributed by atoms with Gasteiger partial charge in [0.15, 0.2) is 0 Å². The molecule has 0 spiro atoms. The number of alkyl halides is 12. The summed E-state index contributed by atoms with van der Waals surface area (Å²) in [6.07, 6.45) is -34.4. The average Bonchev–Trinajstić information content (AvgIpc) is 3.59. The van der Waals surface area contributed by atoms with Gasteiger partial charge in [0.05, 0.1) is 30.8 Å². The second kappa shape index (κ2) is 7.26. The molecule has 0 radical (unpaired) electrons. The fourth-order valence-electron chi connectivity index (χ4n) is 5.11. The van der Waals surface area contributed by atoms with Crippen LogP contribution in [0.5, 0.6) is 0 Å². The van der Waals surface area contributed by atoms with Crippen LogP contribution in [-0.2, 0) is 14.2 Å². The number of fused-ring (bicyclic) bond motifs is 5. The molecule has 0 aromatic heterocycles. The van der Waals surface area contributed by atoms with E-state index in [4.69, 9.17) is 14.2 Å². The molecule has 3 aliphatic heterocycles. The standard InChI is InChI=1S/C18H14F12O5/c19-15(20,21)13(31,16(22,23)24)6-2-1-3-12(14(32,17(25,26)27)18(28,29)30)9(6)10-7(34-10)4-33-5-8-11(12)35-8/h1-3,7-11,31-32H,4-5H2. The summed E-state index contributed by atoms with van der Waals surface area (Å²) in [5.41, 5.74) is -18.2. The normalized spacial score (nSPS) is 36.2. The summed E-state index contributed by atoms with van der Waals surface area (Å²) in [5.74, 6) is -3.14. The molecule has 17 heteroatoms. The van der Waals surface area contributed by atoms with Gasteiger partial charge in [-0.2, -0.15) is 52.7 Å². The zero-order chi connectivity index (χ0) is 26.6. The summed E-state index contributed by atoms with van der Waals surface area (Å²) in [7, 11) is 0. The molecule has 0 amide bonds. The topological polar surface area (TPSA) is 74.8 Å². The van der Waals surface area contributed by atoms with Gasteiger partial charge in [-0.1, -0.05) is 18.2 Å². The van der Waals surface area contributed by atoms with Gasteiger partial charge >= 0.3 is 24.7 Å². The van der Waals surface area contributed by atoms with Gasteiger partial charge in [-0.3, -0.25) is 0 Å². The van der Waals surface area contributed by atoms with Crippen LogP contribution in [0.15, 0.2) is 23.8 Å². The highest BCUT2D eigenvalue weighted by Crippen LogP contribution is 2.69. The lowest BCUT2D eigenvalue weighted by molar-refractivity contribution is -0.407. The second-order valence-corrected chi connectivity index (χ2v) is 8.58. The zero-order valence-electron chi connectivity index (χ0n) is 16.7. The van der Waals surface area contributed by atoms with Crippen molar-refractivity contribution < 1.29 is 77.1 Å². The predicted molar refractivity (Wildman–Crippen MR) is 85.4 cm³/mol. The highest BCUT2D eigenvalue weighted by molar-refractivity contribution is 5.44. The second-order valence-electron chi connectivity index (χ2n) is 8.58. The maximum atomic E-state index is 14.1. The molecule has 0 aromatic rings. The third-order valence-corrected chi connectivity index (χ3v) is 6.75. The summed E-state index contributed by atoms with van der Waals surface area (Å²) in [5, 5.41) is 20.4. The van der Waals surface area contributed by atoms with Gasteiger partial charge in [0.25, 0.3) is 11.2 Å². The SMILES string of the molecule is OC(C1=CC=CC2(C(O)(C(F)(F)F)C(F)(F)F)C3OC3COCC3OC3C12)(C(F)(F)F)C(F)(F)F. The van der Waals surface area contributed by atoms with E-state index < -0.39 is 90.4 Å². The number of aliphatic hydroxyl groups is 2. The highest BCUT2D eigenvalue weighted by atomic mass is 19.4. The first-order chi connectivity index (χ1) is 15.7. The van der Waals surface area contributed by atoms with E-state index in [0.29, 0.717) is 0 Å². The summed E-state index contributed by atoms with van der Waals surface area (Å²) in [6.45, 7) is -1.30. The lowest BCUT2D eigenvalue weighted by Gasteiger charge is -2.53. The molecule has 1 aliphatic carbocycles. The minimum atomic E-state index is -6.68. The molecule has 3 saturated heterocycles. The number of halogens is 12. The number of hydrogen-bond donors (Lipinski definition) is 2. The number of rotatable bonds is 2. The predicted octanol–water partition coefficient (Wildman–Crippen LogP) is 3.36. The number of hydrogen-bond acceptors (Lipinski definition) is 5. The van der Waals surface area contributed by atoms with Crippen LogP contribution in [0.4, 0.5) is 52.7 Å². The van der Waals surface area contributed by atoms with Gasteiger partial charge in [0, 0.05) is 5.92 Å². The Balaban J connectivity index is 2.06. The Hall–Kier alpha value is -1.56. The molecule has 5 nitrogen and oxygen atoms in total. The van der Waals surface area contributed by atoms with Crippen LogP contribution in [0.25, 0.3) is 0 Å². The van der Waals surface area contributed by atoms with Crippen molar-refractivity contribution >= 4 is 0 Å². The van der Waals surface area contributed by atoms with Crippen LogP contribution in [0.1, 0.15) is 0 Å². The van der Waals surface area contributed by atoms with Gasteiger partial charge in [0.2, 0.25) is 0 Å². The first-order valence-corrected chi connectivity index (χ1v) is 9.66. The molecular formula is C18H14F12O5.